The summed E-state index contributed by atoms with van der Waals surface area (Å²) in [6, 6.07) is 6.55. The summed E-state index contributed by atoms with van der Waals surface area (Å²) in [6.45, 7) is 3.45. The molecule has 1 aromatic carbocycles. The zero-order valence-electron chi connectivity index (χ0n) is 13.4. The fraction of sp³-hybridized carbons (Fsp3) is 0.467. The zero-order chi connectivity index (χ0) is 15.9. The second kappa shape index (κ2) is 9.53. The van der Waals surface area contributed by atoms with Gasteiger partial charge in [-0.15, -0.1) is 24.0 Å². The molecular formula is C15H23FIN5O. The third kappa shape index (κ3) is 5.52. The molecular weight excluding hydrogens is 412 g/mol. The monoisotopic (exact) mass is 435 g/mol. The smallest absolute Gasteiger partial charge is 0.239 e. The van der Waals surface area contributed by atoms with Crippen LogP contribution in [0.15, 0.2) is 29.3 Å². The summed E-state index contributed by atoms with van der Waals surface area (Å²) in [5.74, 6) is 0.426. The van der Waals surface area contributed by atoms with Crippen molar-refractivity contribution in [3.8, 4) is 0 Å². The number of halogens is 2. The molecule has 0 aromatic heterocycles. The van der Waals surface area contributed by atoms with E-state index in [0.717, 1.165) is 37.8 Å². The number of piperazine rings is 1. The summed E-state index contributed by atoms with van der Waals surface area (Å²) in [7, 11) is 3.31. The lowest BCUT2D eigenvalue weighted by molar-refractivity contribution is -0.119. The van der Waals surface area contributed by atoms with Crippen LogP contribution in [-0.4, -0.2) is 63.6 Å². The topological polar surface area (TPSA) is 60.0 Å². The minimum absolute atomic E-state index is 0. The van der Waals surface area contributed by atoms with Gasteiger partial charge in [0.1, 0.15) is 5.82 Å². The van der Waals surface area contributed by atoms with Gasteiger partial charge < -0.3 is 20.4 Å². The first kappa shape index (κ1) is 19.5. The number of hydrogen-bond acceptors (Lipinski definition) is 3. The summed E-state index contributed by atoms with van der Waals surface area (Å²) >= 11 is 0. The molecule has 0 radical (unpaired) electrons. The van der Waals surface area contributed by atoms with E-state index in [4.69, 9.17) is 0 Å². The highest BCUT2D eigenvalue weighted by molar-refractivity contribution is 14.0. The molecule has 0 unspecified atom stereocenters. The highest BCUT2D eigenvalue weighted by Gasteiger charge is 2.20. The Balaban J connectivity index is 0.00000264. The van der Waals surface area contributed by atoms with Gasteiger partial charge in [-0.1, -0.05) is 0 Å². The molecule has 0 atom stereocenters. The van der Waals surface area contributed by atoms with Crippen LogP contribution in [-0.2, 0) is 4.79 Å². The lowest BCUT2D eigenvalue weighted by Crippen LogP contribution is -2.53. The minimum atomic E-state index is -0.221. The van der Waals surface area contributed by atoms with E-state index in [9.17, 15) is 9.18 Å². The molecule has 0 saturated carbocycles. The number of aliphatic imine (C=N–C) groups is 1. The third-order valence-corrected chi connectivity index (χ3v) is 3.67. The average Bonchev–Trinajstić information content (AvgIpc) is 2.56. The number of guanidine groups is 1. The number of carbonyl (C=O) groups is 1. The van der Waals surface area contributed by atoms with E-state index in [2.05, 4.69) is 25.4 Å². The van der Waals surface area contributed by atoms with Crippen LogP contribution in [0.1, 0.15) is 0 Å². The zero-order valence-corrected chi connectivity index (χ0v) is 15.7. The van der Waals surface area contributed by atoms with Gasteiger partial charge in [0.25, 0.3) is 0 Å². The van der Waals surface area contributed by atoms with Crippen LogP contribution >= 0.6 is 24.0 Å². The van der Waals surface area contributed by atoms with Crippen molar-refractivity contribution in [3.63, 3.8) is 0 Å². The Morgan fingerprint density at radius 1 is 1.22 bits per heavy atom. The molecule has 1 aliphatic heterocycles. The van der Waals surface area contributed by atoms with Crippen molar-refractivity contribution in [2.24, 2.45) is 4.99 Å². The molecule has 2 rings (SSSR count). The summed E-state index contributed by atoms with van der Waals surface area (Å²) in [4.78, 5) is 19.8. The molecule has 1 heterocycles. The van der Waals surface area contributed by atoms with Crippen LogP contribution < -0.4 is 15.5 Å². The Hall–Kier alpha value is -1.58. The van der Waals surface area contributed by atoms with Gasteiger partial charge in [-0.05, 0) is 24.3 Å². The number of likely N-dealkylation sites (N-methyl/N-ethyl adjacent to an activating group) is 1. The van der Waals surface area contributed by atoms with Gasteiger partial charge >= 0.3 is 0 Å². The van der Waals surface area contributed by atoms with E-state index in [1.165, 1.54) is 12.1 Å². The van der Waals surface area contributed by atoms with E-state index in [-0.39, 0.29) is 42.2 Å². The first-order chi connectivity index (χ1) is 10.6. The van der Waals surface area contributed by atoms with E-state index < -0.39 is 0 Å². The lowest BCUT2D eigenvalue weighted by Gasteiger charge is -2.37. The number of hydrogen-bond donors (Lipinski definition) is 2. The normalized spacial score (nSPS) is 15.0. The van der Waals surface area contributed by atoms with Crippen molar-refractivity contribution < 1.29 is 9.18 Å². The van der Waals surface area contributed by atoms with Crippen molar-refractivity contribution in [1.29, 1.82) is 0 Å². The van der Waals surface area contributed by atoms with Crippen LogP contribution in [0.5, 0.6) is 0 Å². The summed E-state index contributed by atoms with van der Waals surface area (Å²) in [5.41, 5.74) is 1.02. The standard InChI is InChI=1S/C15H22FN5O.HI/c1-17-14(22)11-19-15(18-2)21-9-7-20(8-10-21)13-5-3-12(16)4-6-13;/h3-6H,7-11H2,1-2H3,(H,17,22)(H,18,19);1H. The maximum Gasteiger partial charge on any atom is 0.239 e. The number of carbonyl (C=O) groups excluding carboxylic acids is 1. The minimum Gasteiger partial charge on any atom is -0.368 e. The second-order valence-electron chi connectivity index (χ2n) is 5.02. The van der Waals surface area contributed by atoms with Crippen LogP contribution in [0, 0.1) is 5.82 Å². The Kier molecular flexibility index (Phi) is 8.07. The molecule has 1 aliphatic rings. The van der Waals surface area contributed by atoms with Gasteiger partial charge in [0.2, 0.25) is 5.91 Å². The van der Waals surface area contributed by atoms with Gasteiger partial charge in [-0.3, -0.25) is 9.79 Å². The lowest BCUT2D eigenvalue weighted by atomic mass is 10.2. The van der Waals surface area contributed by atoms with E-state index in [1.54, 1.807) is 26.2 Å². The van der Waals surface area contributed by atoms with E-state index in [0.29, 0.717) is 0 Å². The average molecular weight is 435 g/mol. The second-order valence-corrected chi connectivity index (χ2v) is 5.02. The van der Waals surface area contributed by atoms with E-state index >= 15 is 0 Å². The fourth-order valence-electron chi connectivity index (χ4n) is 2.41. The fourth-order valence-corrected chi connectivity index (χ4v) is 2.41. The Morgan fingerprint density at radius 2 is 1.83 bits per heavy atom. The number of nitrogens with zero attached hydrogens (tertiary/aromatic N) is 3. The molecule has 6 nitrogen and oxygen atoms in total. The van der Waals surface area contributed by atoms with Crippen LogP contribution in [0.2, 0.25) is 0 Å². The molecule has 0 spiro atoms. The summed E-state index contributed by atoms with van der Waals surface area (Å²) in [5, 5.41) is 5.61. The molecule has 1 saturated heterocycles. The van der Waals surface area contributed by atoms with Gasteiger partial charge in [0.05, 0.1) is 6.54 Å². The highest BCUT2D eigenvalue weighted by atomic mass is 127. The number of amides is 1. The molecule has 1 aromatic rings. The maximum absolute atomic E-state index is 13.0. The summed E-state index contributed by atoms with van der Waals surface area (Å²) < 4.78 is 13.0. The van der Waals surface area contributed by atoms with E-state index in [1.807, 2.05) is 0 Å². The number of rotatable bonds is 3. The Labute approximate surface area is 153 Å². The van der Waals surface area contributed by atoms with Crippen molar-refractivity contribution in [1.82, 2.24) is 15.5 Å². The molecule has 1 amide bonds. The number of anilines is 1. The number of benzene rings is 1. The third-order valence-electron chi connectivity index (χ3n) is 3.67. The van der Waals surface area contributed by atoms with Crippen LogP contribution in [0.3, 0.4) is 0 Å². The SMILES string of the molecule is CN=C(NCC(=O)NC)N1CCN(c2ccc(F)cc2)CC1.I. The first-order valence-electron chi connectivity index (χ1n) is 7.30. The quantitative estimate of drug-likeness (QED) is 0.421. The maximum atomic E-state index is 13.0. The van der Waals surface area contributed by atoms with Gasteiger partial charge in [-0.25, -0.2) is 4.39 Å². The van der Waals surface area contributed by atoms with Gasteiger partial charge in [0.15, 0.2) is 5.96 Å². The van der Waals surface area contributed by atoms with Gasteiger partial charge in [-0.2, -0.15) is 0 Å². The van der Waals surface area contributed by atoms with Crippen molar-refractivity contribution in [3.05, 3.63) is 30.1 Å². The van der Waals surface area contributed by atoms with Gasteiger partial charge in [0, 0.05) is 46.0 Å². The molecule has 128 valence electrons. The highest BCUT2D eigenvalue weighted by Crippen LogP contribution is 2.16. The molecule has 0 aliphatic carbocycles. The van der Waals surface area contributed by atoms with Crippen LogP contribution in [0.4, 0.5) is 10.1 Å². The molecule has 2 N–H and O–H groups in total. The number of nitrogens with one attached hydrogen (secondary N) is 2. The largest absolute Gasteiger partial charge is 0.368 e. The first-order valence-corrected chi connectivity index (χ1v) is 7.30. The molecule has 23 heavy (non-hydrogen) atoms. The predicted molar refractivity (Wildman–Crippen MR) is 101 cm³/mol. The van der Waals surface area contributed by atoms with Crippen molar-refractivity contribution >= 4 is 41.5 Å². The molecule has 0 bridgehead atoms. The summed E-state index contributed by atoms with van der Waals surface area (Å²) in [6.07, 6.45) is 0. The Morgan fingerprint density at radius 3 is 2.35 bits per heavy atom. The van der Waals surface area contributed by atoms with Crippen molar-refractivity contribution in [2.75, 3.05) is 51.7 Å². The predicted octanol–water partition coefficient (Wildman–Crippen LogP) is 0.887. The molecule has 1 fully saturated rings. The van der Waals surface area contributed by atoms with Crippen LogP contribution in [0.25, 0.3) is 0 Å². The molecule has 8 heteroatoms. The Bertz CT molecular complexity index is 529. The van der Waals surface area contributed by atoms with Crippen molar-refractivity contribution in [2.45, 2.75) is 0 Å².